The monoisotopic (exact) mass is 962 g/mol. The molecule has 0 radical (unpaired) electrons. The molecule has 2 unspecified atom stereocenters. The van der Waals surface area contributed by atoms with Gasteiger partial charge in [-0.15, -0.1) is 0 Å². The highest BCUT2D eigenvalue weighted by atomic mass is 15.3. The van der Waals surface area contributed by atoms with Crippen LogP contribution in [0.1, 0.15) is 175 Å². The summed E-state index contributed by atoms with van der Waals surface area (Å²) in [6.45, 7) is 38.7. The van der Waals surface area contributed by atoms with Gasteiger partial charge in [0.1, 0.15) is 0 Å². The molecule has 0 saturated heterocycles. The quantitative estimate of drug-likeness (QED) is 0.159. The lowest BCUT2D eigenvalue weighted by Crippen LogP contribution is -2.64. The number of anilines is 8. The molecule has 7 aromatic rings. The van der Waals surface area contributed by atoms with Crippen molar-refractivity contribution in [3.63, 3.8) is 0 Å². The molecule has 11 rings (SSSR count). The van der Waals surface area contributed by atoms with Crippen LogP contribution in [0.25, 0.3) is 0 Å². The summed E-state index contributed by atoms with van der Waals surface area (Å²) in [4.78, 5) is 7.97. The first kappa shape index (κ1) is 49.2. The predicted molar refractivity (Wildman–Crippen MR) is 317 cm³/mol. The summed E-state index contributed by atoms with van der Waals surface area (Å²) < 4.78 is 0. The van der Waals surface area contributed by atoms with Crippen molar-refractivity contribution in [1.29, 1.82) is 0 Å². The average Bonchev–Trinajstić information content (AvgIpc) is 3.53. The van der Waals surface area contributed by atoms with Crippen LogP contribution in [0.5, 0.6) is 0 Å². The molecule has 3 heterocycles. The number of hydrogen-bond donors (Lipinski definition) is 0. The fourth-order valence-electron chi connectivity index (χ4n) is 13.7. The minimum Gasteiger partial charge on any atom is -0.334 e. The summed E-state index contributed by atoms with van der Waals surface area (Å²) in [5, 5.41) is 0. The lowest BCUT2D eigenvalue weighted by molar-refractivity contribution is 0.195. The van der Waals surface area contributed by atoms with E-state index in [2.05, 4.69) is 271 Å². The van der Waals surface area contributed by atoms with E-state index in [-0.39, 0.29) is 44.7 Å². The predicted octanol–water partition coefficient (Wildman–Crippen LogP) is 17.0. The number of rotatable bonds is 5. The summed E-state index contributed by atoms with van der Waals surface area (Å²) in [5.74, 6) is 0. The topological polar surface area (TPSA) is 9.72 Å². The Morgan fingerprint density at radius 1 is 0.452 bits per heavy atom. The molecule has 0 aromatic heterocycles. The Bertz CT molecular complexity index is 3230. The molecule has 73 heavy (non-hydrogen) atoms. The SMILES string of the molecule is CC(C)(C)c1ccc(N2c3cc(N(c4ccccc4)c4ccccc4)c(C(C)(C)C)cc3B3c4cc5c(cc4C(C)(C)c4cc(C(C)(C)C)cc2c43)N(c2ccc(C(C)(C)C)cc2)C2(C)CCCCC52C)cc1. The van der Waals surface area contributed by atoms with Gasteiger partial charge in [-0.3, -0.25) is 0 Å². The van der Waals surface area contributed by atoms with E-state index in [1.165, 1.54) is 115 Å². The van der Waals surface area contributed by atoms with Gasteiger partial charge >= 0.3 is 0 Å². The zero-order valence-electron chi connectivity index (χ0n) is 47.1. The highest BCUT2D eigenvalue weighted by molar-refractivity contribution is 6.99. The van der Waals surface area contributed by atoms with E-state index in [9.17, 15) is 0 Å². The van der Waals surface area contributed by atoms with Gasteiger partial charge in [-0.2, -0.15) is 0 Å². The normalized spacial score (nSPS) is 20.0. The Morgan fingerprint density at radius 3 is 1.52 bits per heavy atom. The first-order chi connectivity index (χ1) is 34.2. The molecule has 0 N–H and O–H groups in total. The molecule has 1 fully saturated rings. The first-order valence-electron chi connectivity index (χ1n) is 27.5. The number of fused-ring (bicyclic) bond motifs is 7. The van der Waals surface area contributed by atoms with Gasteiger partial charge < -0.3 is 14.7 Å². The average molecular weight is 962 g/mol. The van der Waals surface area contributed by atoms with Crippen LogP contribution in [0.3, 0.4) is 0 Å². The van der Waals surface area contributed by atoms with Crippen molar-refractivity contribution in [2.45, 2.75) is 174 Å². The minimum atomic E-state index is -0.299. The van der Waals surface area contributed by atoms with E-state index in [0.717, 1.165) is 11.4 Å². The molecule has 4 heteroatoms. The molecule has 0 spiro atoms. The molecule has 3 nitrogen and oxygen atoms in total. The van der Waals surface area contributed by atoms with E-state index >= 15 is 0 Å². The maximum atomic E-state index is 2.81. The van der Waals surface area contributed by atoms with Crippen LogP contribution in [-0.4, -0.2) is 12.3 Å². The number of benzene rings is 7. The summed E-state index contributed by atoms with van der Waals surface area (Å²) in [6.07, 6.45) is 4.84. The summed E-state index contributed by atoms with van der Waals surface area (Å²) in [6, 6.07) is 57.1. The first-order valence-corrected chi connectivity index (χ1v) is 27.5. The van der Waals surface area contributed by atoms with Crippen molar-refractivity contribution >= 4 is 68.6 Å². The lowest BCUT2D eigenvalue weighted by Gasteiger charge is -2.50. The van der Waals surface area contributed by atoms with Gasteiger partial charge in [0.05, 0.1) is 11.2 Å². The molecule has 3 aliphatic heterocycles. The summed E-state index contributed by atoms with van der Waals surface area (Å²) in [7, 11) is 0. The Kier molecular flexibility index (Phi) is 11.1. The van der Waals surface area contributed by atoms with Gasteiger partial charge in [0, 0.05) is 50.6 Å². The largest absolute Gasteiger partial charge is 0.334 e. The van der Waals surface area contributed by atoms with E-state index < -0.39 is 0 Å². The molecule has 1 saturated carbocycles. The lowest BCUT2D eigenvalue weighted by atomic mass is 9.29. The fraction of sp³-hybridized carbons (Fsp3) is 0.391. The van der Waals surface area contributed by atoms with Crippen molar-refractivity contribution in [2.75, 3.05) is 14.7 Å². The van der Waals surface area contributed by atoms with Crippen LogP contribution in [0, 0.1) is 0 Å². The second-order valence-electron chi connectivity index (χ2n) is 27.5. The van der Waals surface area contributed by atoms with Crippen molar-refractivity contribution in [3.05, 3.63) is 185 Å². The van der Waals surface area contributed by atoms with Gasteiger partial charge in [0.2, 0.25) is 6.71 Å². The maximum Gasteiger partial charge on any atom is 0.247 e. The number of hydrogen-bond acceptors (Lipinski definition) is 3. The van der Waals surface area contributed by atoms with E-state index in [0.29, 0.717) is 0 Å². The van der Waals surface area contributed by atoms with Gasteiger partial charge in [-0.25, -0.2) is 0 Å². The highest BCUT2D eigenvalue weighted by Crippen LogP contribution is 2.62. The molecule has 374 valence electrons. The van der Waals surface area contributed by atoms with Crippen LogP contribution in [0.2, 0.25) is 0 Å². The Labute approximate surface area is 440 Å². The molecule has 4 aliphatic rings. The molecule has 0 amide bonds. The van der Waals surface area contributed by atoms with Crippen LogP contribution in [0.4, 0.5) is 45.5 Å². The third kappa shape index (κ3) is 7.65. The zero-order chi connectivity index (χ0) is 52.0. The Balaban J connectivity index is 1.25. The summed E-state index contributed by atoms with van der Waals surface area (Å²) in [5.41, 5.74) is 23.5. The van der Waals surface area contributed by atoms with E-state index in [1.807, 2.05) is 0 Å². The van der Waals surface area contributed by atoms with E-state index in [1.54, 1.807) is 0 Å². The van der Waals surface area contributed by atoms with Gasteiger partial charge in [0.25, 0.3) is 0 Å². The highest BCUT2D eigenvalue weighted by Gasteiger charge is 2.59. The second kappa shape index (κ2) is 16.5. The second-order valence-corrected chi connectivity index (χ2v) is 27.5. The van der Waals surface area contributed by atoms with Crippen molar-refractivity contribution in [1.82, 2.24) is 0 Å². The van der Waals surface area contributed by atoms with E-state index in [4.69, 9.17) is 0 Å². The maximum absolute atomic E-state index is 2.81. The Hall–Kier alpha value is -6.00. The number of nitrogens with zero attached hydrogens (tertiary/aromatic N) is 3. The minimum absolute atomic E-state index is 0.0167. The molecular weight excluding hydrogens is 882 g/mol. The fourth-order valence-corrected chi connectivity index (χ4v) is 13.7. The molecule has 2 atom stereocenters. The van der Waals surface area contributed by atoms with Crippen LogP contribution in [0.15, 0.2) is 146 Å². The van der Waals surface area contributed by atoms with Crippen molar-refractivity contribution in [2.24, 2.45) is 0 Å². The Morgan fingerprint density at radius 2 is 0.986 bits per heavy atom. The van der Waals surface area contributed by atoms with Gasteiger partial charge in [-0.1, -0.05) is 201 Å². The smallest absolute Gasteiger partial charge is 0.247 e. The van der Waals surface area contributed by atoms with Crippen molar-refractivity contribution < 1.29 is 0 Å². The molecular formula is C69H80BN3. The third-order valence-electron chi connectivity index (χ3n) is 18.2. The molecule has 0 bridgehead atoms. The van der Waals surface area contributed by atoms with Crippen LogP contribution < -0.4 is 31.1 Å². The van der Waals surface area contributed by atoms with Gasteiger partial charge in [-0.05, 0) is 158 Å². The standard InChI is InChI=1S/C69H80BN3/c1-63(2,3)45-29-33-50(34-30-45)72-60-44-58(71(48-25-19-17-20-26-48)49-27-21-18-22-28-49)53(66(10,11)12)41-57(60)70-56-42-54-59(43-52(56)67(13,14)55-39-47(65(7,8)9)40-61(72)62(55)70)73(69(16)38-24-23-37-68(54,69)15)51-35-31-46(32-36-51)64(4,5)6/h17-22,25-36,39-44H,23-24,37-38H2,1-16H3. The third-order valence-corrected chi connectivity index (χ3v) is 18.2. The van der Waals surface area contributed by atoms with Crippen molar-refractivity contribution in [3.8, 4) is 0 Å². The van der Waals surface area contributed by atoms with Gasteiger partial charge in [0.15, 0.2) is 0 Å². The van der Waals surface area contributed by atoms with Crippen LogP contribution in [-0.2, 0) is 32.5 Å². The molecule has 1 aliphatic carbocycles. The number of para-hydroxylation sites is 2. The molecule has 7 aromatic carbocycles. The zero-order valence-corrected chi connectivity index (χ0v) is 47.1. The van der Waals surface area contributed by atoms with Crippen LogP contribution >= 0.6 is 0 Å². The summed E-state index contributed by atoms with van der Waals surface area (Å²) >= 11 is 0.